The Bertz CT molecular complexity index is 348. The van der Waals surface area contributed by atoms with Crippen LogP contribution < -0.4 is 5.32 Å². The molecule has 0 radical (unpaired) electrons. The SMILES string of the molecule is CCOCCOCC(O)CNc1c(C)cccc1C. The summed E-state index contributed by atoms with van der Waals surface area (Å²) in [7, 11) is 0. The summed E-state index contributed by atoms with van der Waals surface area (Å²) in [6.45, 7) is 8.66. The predicted octanol–water partition coefficient (Wildman–Crippen LogP) is 2.13. The first-order valence-corrected chi connectivity index (χ1v) is 6.78. The van der Waals surface area contributed by atoms with Crippen LogP contribution in [0.15, 0.2) is 18.2 Å². The monoisotopic (exact) mass is 267 g/mol. The van der Waals surface area contributed by atoms with Crippen molar-refractivity contribution < 1.29 is 14.6 Å². The van der Waals surface area contributed by atoms with Crippen molar-refractivity contribution in [2.24, 2.45) is 0 Å². The van der Waals surface area contributed by atoms with Crippen molar-refractivity contribution in [3.63, 3.8) is 0 Å². The van der Waals surface area contributed by atoms with Gasteiger partial charge in [-0.25, -0.2) is 0 Å². The molecular weight excluding hydrogens is 242 g/mol. The summed E-state index contributed by atoms with van der Waals surface area (Å²) >= 11 is 0. The maximum Gasteiger partial charge on any atom is 0.0945 e. The van der Waals surface area contributed by atoms with Crippen LogP contribution in [-0.2, 0) is 9.47 Å². The van der Waals surface area contributed by atoms with E-state index in [1.165, 1.54) is 11.1 Å². The number of nitrogens with one attached hydrogen (secondary N) is 1. The fourth-order valence-electron chi connectivity index (χ4n) is 1.85. The van der Waals surface area contributed by atoms with Gasteiger partial charge in [-0.05, 0) is 31.9 Å². The molecule has 0 amide bonds. The fraction of sp³-hybridized carbons (Fsp3) is 0.600. The molecule has 0 spiro atoms. The molecule has 0 heterocycles. The average molecular weight is 267 g/mol. The van der Waals surface area contributed by atoms with Crippen molar-refractivity contribution in [3.05, 3.63) is 29.3 Å². The van der Waals surface area contributed by atoms with Gasteiger partial charge in [-0.3, -0.25) is 0 Å². The lowest BCUT2D eigenvalue weighted by atomic mass is 10.1. The van der Waals surface area contributed by atoms with Gasteiger partial charge in [0.15, 0.2) is 0 Å². The normalized spacial score (nSPS) is 12.4. The van der Waals surface area contributed by atoms with Gasteiger partial charge in [0.2, 0.25) is 0 Å². The lowest BCUT2D eigenvalue weighted by molar-refractivity contribution is 0.0103. The Morgan fingerprint density at radius 3 is 2.42 bits per heavy atom. The molecule has 0 saturated carbocycles. The minimum atomic E-state index is -0.513. The molecular formula is C15H25NO3. The summed E-state index contributed by atoms with van der Waals surface area (Å²) in [5.74, 6) is 0. The molecule has 0 saturated heterocycles. The van der Waals surface area contributed by atoms with Crippen molar-refractivity contribution >= 4 is 5.69 Å². The highest BCUT2D eigenvalue weighted by atomic mass is 16.5. The lowest BCUT2D eigenvalue weighted by Crippen LogP contribution is -2.26. The molecule has 1 rings (SSSR count). The van der Waals surface area contributed by atoms with E-state index < -0.39 is 6.10 Å². The maximum absolute atomic E-state index is 9.82. The number of ether oxygens (including phenoxy) is 2. The molecule has 1 unspecified atom stereocenters. The van der Waals surface area contributed by atoms with Crippen LogP contribution in [0.1, 0.15) is 18.1 Å². The van der Waals surface area contributed by atoms with Gasteiger partial charge in [-0.1, -0.05) is 18.2 Å². The van der Waals surface area contributed by atoms with Gasteiger partial charge in [0, 0.05) is 18.8 Å². The molecule has 0 bridgehead atoms. The van der Waals surface area contributed by atoms with E-state index >= 15 is 0 Å². The molecule has 4 nitrogen and oxygen atoms in total. The number of aliphatic hydroxyl groups excluding tert-OH is 1. The average Bonchev–Trinajstić information content (AvgIpc) is 2.38. The van der Waals surface area contributed by atoms with Gasteiger partial charge < -0.3 is 19.9 Å². The van der Waals surface area contributed by atoms with E-state index in [1.54, 1.807) is 0 Å². The zero-order valence-electron chi connectivity index (χ0n) is 12.1. The van der Waals surface area contributed by atoms with Crippen LogP contribution in [0.5, 0.6) is 0 Å². The summed E-state index contributed by atoms with van der Waals surface area (Å²) in [6, 6.07) is 6.14. The van der Waals surface area contributed by atoms with E-state index in [0.29, 0.717) is 33.0 Å². The molecule has 1 aromatic rings. The highest BCUT2D eigenvalue weighted by molar-refractivity contribution is 5.56. The Hall–Kier alpha value is -1.10. The Morgan fingerprint density at radius 2 is 1.79 bits per heavy atom. The molecule has 108 valence electrons. The van der Waals surface area contributed by atoms with Crippen molar-refractivity contribution in [1.29, 1.82) is 0 Å². The second-order valence-corrected chi connectivity index (χ2v) is 4.57. The van der Waals surface area contributed by atoms with E-state index in [9.17, 15) is 5.11 Å². The zero-order valence-corrected chi connectivity index (χ0v) is 12.1. The van der Waals surface area contributed by atoms with Crippen LogP contribution >= 0.6 is 0 Å². The van der Waals surface area contributed by atoms with Gasteiger partial charge in [0.1, 0.15) is 0 Å². The number of rotatable bonds is 9. The zero-order chi connectivity index (χ0) is 14.1. The molecule has 0 aromatic heterocycles. The summed E-state index contributed by atoms with van der Waals surface area (Å²) in [5.41, 5.74) is 3.46. The summed E-state index contributed by atoms with van der Waals surface area (Å²) < 4.78 is 10.5. The first-order valence-electron chi connectivity index (χ1n) is 6.78. The minimum absolute atomic E-state index is 0.324. The molecule has 1 atom stereocenters. The number of aryl methyl sites for hydroxylation is 2. The Labute approximate surface area is 115 Å². The van der Waals surface area contributed by atoms with Crippen molar-refractivity contribution in [1.82, 2.24) is 0 Å². The smallest absolute Gasteiger partial charge is 0.0945 e. The third-order valence-corrected chi connectivity index (χ3v) is 2.88. The van der Waals surface area contributed by atoms with Crippen LogP contribution in [0.3, 0.4) is 0 Å². The molecule has 0 aliphatic heterocycles. The third kappa shape index (κ3) is 6.05. The number of hydrogen-bond donors (Lipinski definition) is 2. The maximum atomic E-state index is 9.82. The molecule has 2 N–H and O–H groups in total. The Morgan fingerprint density at radius 1 is 1.16 bits per heavy atom. The Balaban J connectivity index is 2.24. The standard InChI is InChI=1S/C15H25NO3/c1-4-18-8-9-19-11-14(17)10-16-15-12(2)6-5-7-13(15)3/h5-7,14,16-17H,4,8-11H2,1-3H3. The van der Waals surface area contributed by atoms with Gasteiger partial charge in [-0.2, -0.15) is 0 Å². The van der Waals surface area contributed by atoms with Crippen LogP contribution in [0.25, 0.3) is 0 Å². The molecule has 0 aliphatic rings. The molecule has 1 aromatic carbocycles. The second-order valence-electron chi connectivity index (χ2n) is 4.57. The number of aliphatic hydroxyl groups is 1. The number of para-hydroxylation sites is 1. The van der Waals surface area contributed by atoms with Gasteiger partial charge in [0.25, 0.3) is 0 Å². The second kappa shape index (κ2) is 8.91. The van der Waals surface area contributed by atoms with E-state index in [0.717, 1.165) is 5.69 Å². The topological polar surface area (TPSA) is 50.7 Å². The van der Waals surface area contributed by atoms with E-state index in [1.807, 2.05) is 13.0 Å². The van der Waals surface area contributed by atoms with Crippen LogP contribution in [0.2, 0.25) is 0 Å². The largest absolute Gasteiger partial charge is 0.389 e. The highest BCUT2D eigenvalue weighted by Crippen LogP contribution is 2.19. The van der Waals surface area contributed by atoms with Gasteiger partial charge in [0.05, 0.1) is 25.9 Å². The van der Waals surface area contributed by atoms with Crippen molar-refractivity contribution in [2.75, 3.05) is 38.3 Å². The summed E-state index contributed by atoms with van der Waals surface area (Å²) in [4.78, 5) is 0. The third-order valence-electron chi connectivity index (χ3n) is 2.88. The highest BCUT2D eigenvalue weighted by Gasteiger charge is 2.06. The van der Waals surface area contributed by atoms with Crippen molar-refractivity contribution in [2.45, 2.75) is 26.9 Å². The number of anilines is 1. The van der Waals surface area contributed by atoms with Gasteiger partial charge in [-0.15, -0.1) is 0 Å². The van der Waals surface area contributed by atoms with Gasteiger partial charge >= 0.3 is 0 Å². The molecule has 19 heavy (non-hydrogen) atoms. The quantitative estimate of drug-likeness (QED) is 0.673. The molecule has 4 heteroatoms. The number of hydrogen-bond acceptors (Lipinski definition) is 4. The molecule has 0 fully saturated rings. The van der Waals surface area contributed by atoms with Crippen LogP contribution in [-0.4, -0.2) is 44.2 Å². The van der Waals surface area contributed by atoms with E-state index in [4.69, 9.17) is 9.47 Å². The number of benzene rings is 1. The van der Waals surface area contributed by atoms with E-state index in [-0.39, 0.29) is 0 Å². The minimum Gasteiger partial charge on any atom is -0.389 e. The Kier molecular flexibility index (Phi) is 7.48. The fourth-order valence-corrected chi connectivity index (χ4v) is 1.85. The first kappa shape index (κ1) is 16.0. The summed E-state index contributed by atoms with van der Waals surface area (Å²) in [5, 5.41) is 13.1. The van der Waals surface area contributed by atoms with Crippen LogP contribution in [0, 0.1) is 13.8 Å². The van der Waals surface area contributed by atoms with E-state index in [2.05, 4.69) is 31.3 Å². The predicted molar refractivity (Wildman–Crippen MR) is 77.7 cm³/mol. The van der Waals surface area contributed by atoms with Crippen molar-refractivity contribution in [3.8, 4) is 0 Å². The molecule has 0 aliphatic carbocycles. The first-order chi connectivity index (χ1) is 9.15. The summed E-state index contributed by atoms with van der Waals surface area (Å²) in [6.07, 6.45) is -0.513. The lowest BCUT2D eigenvalue weighted by Gasteiger charge is -2.16. The van der Waals surface area contributed by atoms with Crippen LogP contribution in [0.4, 0.5) is 5.69 Å².